The largest absolute Gasteiger partial charge is 0.367 e. The minimum absolute atomic E-state index is 0.146. The first-order valence-corrected chi connectivity index (χ1v) is 4.11. The van der Waals surface area contributed by atoms with E-state index in [4.69, 9.17) is 10.3 Å². The van der Waals surface area contributed by atoms with Gasteiger partial charge in [-0.15, -0.1) is 0 Å². The number of carbonyl (C=O) groups is 1. The minimum atomic E-state index is -1.37. The van der Waals surface area contributed by atoms with Gasteiger partial charge in [-0.1, -0.05) is 5.11 Å². The second-order valence-electron chi connectivity index (χ2n) is 3.28. The molecule has 0 aliphatic carbocycles. The van der Waals surface area contributed by atoms with E-state index in [2.05, 4.69) is 20.7 Å². The predicted molar refractivity (Wildman–Crippen MR) is 43.9 cm³/mol. The summed E-state index contributed by atoms with van der Waals surface area (Å²) in [6.07, 6.45) is -0.905. The molecular weight excluding hydrogens is 190 g/mol. The maximum atomic E-state index is 10.8. The molecule has 2 amide bonds. The lowest BCUT2D eigenvalue weighted by Crippen LogP contribution is -2.45. The fourth-order valence-electron chi connectivity index (χ4n) is 1.66. The first-order valence-electron chi connectivity index (χ1n) is 4.11. The summed E-state index contributed by atoms with van der Waals surface area (Å²) in [6.45, 7) is 0.146. The smallest absolute Gasteiger partial charge is 0.319 e. The Kier molecular flexibility index (Phi) is 1.95. The Labute approximate surface area is 78.9 Å². The number of nitrogens with zero attached hydrogens (tertiary/aromatic N) is 3. The van der Waals surface area contributed by atoms with Crippen molar-refractivity contribution < 1.29 is 14.6 Å². The standard InChI is InChI=1S/C6H9N5O3/c7-11-8-2-3-1-6(13)4(14-3)9-5(12)10-6/h3-4,13H,1-2H2,(H2,9,10,12). The molecule has 0 saturated carbocycles. The van der Waals surface area contributed by atoms with Gasteiger partial charge in [0.1, 0.15) is 0 Å². The second kappa shape index (κ2) is 3.02. The summed E-state index contributed by atoms with van der Waals surface area (Å²) >= 11 is 0. The molecule has 2 aliphatic rings. The molecular formula is C6H9N5O3. The van der Waals surface area contributed by atoms with Crippen LogP contribution in [0.25, 0.3) is 10.4 Å². The summed E-state index contributed by atoms with van der Waals surface area (Å²) in [6, 6.07) is -0.459. The number of azide groups is 1. The Morgan fingerprint density at radius 3 is 3.29 bits per heavy atom. The third-order valence-electron chi connectivity index (χ3n) is 2.24. The van der Waals surface area contributed by atoms with Crippen LogP contribution in [0.3, 0.4) is 0 Å². The van der Waals surface area contributed by atoms with Crippen LogP contribution in [0.2, 0.25) is 0 Å². The summed E-state index contributed by atoms with van der Waals surface area (Å²) in [4.78, 5) is 13.4. The number of fused-ring (bicyclic) bond motifs is 1. The number of nitrogens with one attached hydrogen (secondary N) is 2. The van der Waals surface area contributed by atoms with Gasteiger partial charge in [-0.25, -0.2) is 4.79 Å². The molecule has 14 heavy (non-hydrogen) atoms. The average molecular weight is 199 g/mol. The lowest BCUT2D eigenvalue weighted by atomic mass is 10.1. The number of carbonyl (C=O) groups excluding carboxylic acids is 1. The van der Waals surface area contributed by atoms with Crippen LogP contribution in [0, 0.1) is 0 Å². The maximum absolute atomic E-state index is 10.8. The van der Waals surface area contributed by atoms with Crippen molar-refractivity contribution in [1.29, 1.82) is 0 Å². The zero-order valence-corrected chi connectivity index (χ0v) is 7.17. The van der Waals surface area contributed by atoms with Gasteiger partial charge in [0.25, 0.3) is 0 Å². The molecule has 2 heterocycles. The van der Waals surface area contributed by atoms with Crippen molar-refractivity contribution in [2.45, 2.75) is 24.5 Å². The molecule has 3 N–H and O–H groups in total. The molecule has 8 nitrogen and oxygen atoms in total. The van der Waals surface area contributed by atoms with E-state index >= 15 is 0 Å². The summed E-state index contributed by atoms with van der Waals surface area (Å²) in [7, 11) is 0. The Morgan fingerprint density at radius 2 is 2.64 bits per heavy atom. The van der Waals surface area contributed by atoms with E-state index < -0.39 is 18.0 Å². The van der Waals surface area contributed by atoms with Crippen molar-refractivity contribution in [3.05, 3.63) is 10.4 Å². The Hall–Kier alpha value is -1.50. The van der Waals surface area contributed by atoms with Gasteiger partial charge in [0.2, 0.25) is 0 Å². The lowest BCUT2D eigenvalue weighted by molar-refractivity contribution is -0.0452. The van der Waals surface area contributed by atoms with Crippen molar-refractivity contribution in [3.63, 3.8) is 0 Å². The Bertz CT molecular complexity index is 315. The Balaban J connectivity index is 2.01. The molecule has 2 rings (SSSR count). The first kappa shape index (κ1) is 9.07. The minimum Gasteiger partial charge on any atom is -0.367 e. The van der Waals surface area contributed by atoms with Crippen molar-refractivity contribution in [1.82, 2.24) is 10.6 Å². The zero-order valence-electron chi connectivity index (χ0n) is 7.17. The molecule has 2 aliphatic heterocycles. The van der Waals surface area contributed by atoms with Crippen molar-refractivity contribution >= 4 is 6.03 Å². The number of amides is 2. The highest BCUT2D eigenvalue weighted by Crippen LogP contribution is 2.30. The van der Waals surface area contributed by atoms with Gasteiger partial charge in [0, 0.05) is 11.3 Å². The fourth-order valence-corrected chi connectivity index (χ4v) is 1.66. The topological polar surface area (TPSA) is 119 Å². The molecule has 0 spiro atoms. The van der Waals surface area contributed by atoms with Crippen LogP contribution in [0.1, 0.15) is 6.42 Å². The molecule has 0 bridgehead atoms. The monoisotopic (exact) mass is 199 g/mol. The van der Waals surface area contributed by atoms with Gasteiger partial charge >= 0.3 is 6.03 Å². The molecule has 3 atom stereocenters. The van der Waals surface area contributed by atoms with Crippen LogP contribution in [0.4, 0.5) is 4.79 Å². The van der Waals surface area contributed by atoms with E-state index in [0.29, 0.717) is 0 Å². The van der Waals surface area contributed by atoms with Crippen molar-refractivity contribution in [2.24, 2.45) is 5.11 Å². The SMILES string of the molecule is [N-]=[N+]=NCC1CC2(O)NC(=O)NC2O1. The summed E-state index contributed by atoms with van der Waals surface area (Å²) < 4.78 is 5.25. The van der Waals surface area contributed by atoms with E-state index in [1.54, 1.807) is 0 Å². The molecule has 8 heteroatoms. The van der Waals surface area contributed by atoms with Gasteiger partial charge in [-0.3, -0.25) is 0 Å². The third-order valence-corrected chi connectivity index (χ3v) is 2.24. The lowest BCUT2D eigenvalue weighted by Gasteiger charge is -2.17. The predicted octanol–water partition coefficient (Wildman–Crippen LogP) is -0.587. The van der Waals surface area contributed by atoms with E-state index in [1.807, 2.05) is 0 Å². The highest BCUT2D eigenvalue weighted by molar-refractivity contribution is 5.77. The number of rotatable bonds is 2. The highest BCUT2D eigenvalue weighted by atomic mass is 16.5. The van der Waals surface area contributed by atoms with E-state index in [-0.39, 0.29) is 19.1 Å². The molecule has 2 saturated heterocycles. The summed E-state index contributed by atoms with van der Waals surface area (Å²) in [5, 5.41) is 17.9. The van der Waals surface area contributed by atoms with Gasteiger partial charge in [-0.05, 0) is 5.53 Å². The van der Waals surface area contributed by atoms with E-state index in [9.17, 15) is 9.90 Å². The number of aliphatic hydroxyl groups is 1. The highest BCUT2D eigenvalue weighted by Gasteiger charge is 2.53. The van der Waals surface area contributed by atoms with Crippen LogP contribution in [-0.4, -0.2) is 35.7 Å². The normalized spacial score (nSPS) is 39.6. The van der Waals surface area contributed by atoms with E-state index in [0.717, 1.165) is 0 Å². The fraction of sp³-hybridized carbons (Fsp3) is 0.833. The first-order chi connectivity index (χ1) is 6.64. The van der Waals surface area contributed by atoms with Crippen LogP contribution in [-0.2, 0) is 4.74 Å². The summed E-state index contributed by atoms with van der Waals surface area (Å²) in [5.74, 6) is 0. The average Bonchev–Trinajstić information content (AvgIpc) is 2.51. The van der Waals surface area contributed by atoms with Crippen LogP contribution in [0.15, 0.2) is 5.11 Å². The van der Waals surface area contributed by atoms with E-state index in [1.165, 1.54) is 0 Å². The molecule has 0 aromatic heterocycles. The van der Waals surface area contributed by atoms with Gasteiger partial charge in [-0.2, -0.15) is 0 Å². The van der Waals surface area contributed by atoms with Gasteiger partial charge < -0.3 is 20.5 Å². The van der Waals surface area contributed by atoms with Crippen LogP contribution in [0.5, 0.6) is 0 Å². The van der Waals surface area contributed by atoms with Crippen LogP contribution >= 0.6 is 0 Å². The number of hydrogen-bond acceptors (Lipinski definition) is 4. The molecule has 3 unspecified atom stereocenters. The summed E-state index contributed by atoms with van der Waals surface area (Å²) in [5.41, 5.74) is 6.72. The quantitative estimate of drug-likeness (QED) is 0.313. The molecule has 0 radical (unpaired) electrons. The van der Waals surface area contributed by atoms with Gasteiger partial charge in [0.05, 0.1) is 12.6 Å². The molecule has 2 fully saturated rings. The maximum Gasteiger partial charge on any atom is 0.319 e. The van der Waals surface area contributed by atoms with Crippen molar-refractivity contribution in [2.75, 3.05) is 6.54 Å². The third kappa shape index (κ3) is 1.35. The van der Waals surface area contributed by atoms with Gasteiger partial charge in [0.15, 0.2) is 12.0 Å². The zero-order chi connectivity index (χ0) is 10.2. The molecule has 0 aromatic rings. The second-order valence-corrected chi connectivity index (χ2v) is 3.28. The number of ether oxygens (including phenoxy) is 1. The molecule has 76 valence electrons. The Morgan fingerprint density at radius 1 is 1.86 bits per heavy atom. The van der Waals surface area contributed by atoms with Crippen LogP contribution < -0.4 is 10.6 Å². The number of hydrogen-bond donors (Lipinski definition) is 3. The van der Waals surface area contributed by atoms with Crippen molar-refractivity contribution in [3.8, 4) is 0 Å². The molecule has 0 aromatic carbocycles. The number of urea groups is 1.